The molecule has 4 heteroatoms. The van der Waals surface area contributed by atoms with Crippen LogP contribution in [0, 0.1) is 5.92 Å². The van der Waals surface area contributed by atoms with Crippen molar-refractivity contribution in [1.29, 1.82) is 0 Å². The fraction of sp³-hybridized carbons (Fsp3) is 0.562. The van der Waals surface area contributed by atoms with Gasteiger partial charge in [-0.3, -0.25) is 4.79 Å². The number of ether oxygens (including phenoxy) is 2. The standard InChI is InChI=1S/C16H21NO3/c1-11-6-2-3-7-12(11)17-16(18)15-10-19-13-8-4-5-9-14(13)20-15/h4-5,8-9,11-12,15H,2-3,6-7,10H2,1H3,(H,17,18). The van der Waals surface area contributed by atoms with Crippen LogP contribution in [-0.2, 0) is 4.79 Å². The number of amides is 1. The van der Waals surface area contributed by atoms with Crippen LogP contribution in [0.5, 0.6) is 11.5 Å². The molecule has 1 fully saturated rings. The van der Waals surface area contributed by atoms with Crippen molar-refractivity contribution in [2.75, 3.05) is 6.61 Å². The van der Waals surface area contributed by atoms with Crippen molar-refractivity contribution < 1.29 is 14.3 Å². The monoisotopic (exact) mass is 275 g/mol. The molecule has 1 saturated carbocycles. The first-order valence-electron chi connectivity index (χ1n) is 7.43. The third-order valence-electron chi connectivity index (χ3n) is 4.24. The van der Waals surface area contributed by atoms with Crippen LogP contribution >= 0.6 is 0 Å². The molecule has 0 spiro atoms. The molecule has 0 aromatic heterocycles. The van der Waals surface area contributed by atoms with Crippen LogP contribution in [0.4, 0.5) is 0 Å². The summed E-state index contributed by atoms with van der Waals surface area (Å²) in [4.78, 5) is 12.3. The molecule has 1 heterocycles. The minimum atomic E-state index is -0.543. The van der Waals surface area contributed by atoms with Gasteiger partial charge in [0.2, 0.25) is 6.10 Å². The van der Waals surface area contributed by atoms with Crippen LogP contribution in [0.15, 0.2) is 24.3 Å². The van der Waals surface area contributed by atoms with E-state index in [1.807, 2.05) is 24.3 Å². The van der Waals surface area contributed by atoms with Gasteiger partial charge in [0.05, 0.1) is 0 Å². The first-order chi connectivity index (χ1) is 9.74. The highest BCUT2D eigenvalue weighted by molar-refractivity contribution is 5.82. The normalized spacial score (nSPS) is 28.8. The minimum Gasteiger partial charge on any atom is -0.485 e. The van der Waals surface area contributed by atoms with Gasteiger partial charge in [0.1, 0.15) is 6.61 Å². The average Bonchev–Trinajstić information content (AvgIpc) is 2.49. The number of para-hydroxylation sites is 2. The van der Waals surface area contributed by atoms with Crippen LogP contribution in [0.25, 0.3) is 0 Å². The topological polar surface area (TPSA) is 47.6 Å². The zero-order valence-corrected chi connectivity index (χ0v) is 11.8. The minimum absolute atomic E-state index is 0.0572. The van der Waals surface area contributed by atoms with Crippen LogP contribution in [0.3, 0.4) is 0 Å². The van der Waals surface area contributed by atoms with Crippen molar-refractivity contribution in [1.82, 2.24) is 5.32 Å². The van der Waals surface area contributed by atoms with Gasteiger partial charge in [-0.25, -0.2) is 0 Å². The van der Waals surface area contributed by atoms with Crippen molar-refractivity contribution in [2.45, 2.75) is 44.8 Å². The number of fused-ring (bicyclic) bond motifs is 1. The maximum Gasteiger partial charge on any atom is 0.264 e. The molecular weight excluding hydrogens is 254 g/mol. The summed E-state index contributed by atoms with van der Waals surface area (Å²) in [6.45, 7) is 2.49. The van der Waals surface area contributed by atoms with E-state index in [0.717, 1.165) is 6.42 Å². The second-order valence-electron chi connectivity index (χ2n) is 5.74. The molecule has 2 aliphatic rings. The lowest BCUT2D eigenvalue weighted by atomic mass is 9.86. The lowest BCUT2D eigenvalue weighted by molar-refractivity contribution is -0.131. The molecule has 1 aromatic carbocycles. The second-order valence-corrected chi connectivity index (χ2v) is 5.74. The highest BCUT2D eigenvalue weighted by atomic mass is 16.6. The number of carbonyl (C=O) groups excluding carboxylic acids is 1. The molecule has 1 aliphatic carbocycles. The molecule has 0 radical (unpaired) electrons. The zero-order valence-electron chi connectivity index (χ0n) is 11.8. The van der Waals surface area contributed by atoms with Crippen molar-refractivity contribution in [3.05, 3.63) is 24.3 Å². The smallest absolute Gasteiger partial charge is 0.264 e. The van der Waals surface area contributed by atoms with Gasteiger partial charge in [-0.05, 0) is 30.9 Å². The van der Waals surface area contributed by atoms with Crippen molar-refractivity contribution in [3.63, 3.8) is 0 Å². The Kier molecular flexibility index (Phi) is 3.81. The predicted molar refractivity (Wildman–Crippen MR) is 75.9 cm³/mol. The highest BCUT2D eigenvalue weighted by Crippen LogP contribution is 2.31. The Morgan fingerprint density at radius 3 is 2.75 bits per heavy atom. The molecule has 108 valence electrons. The Hall–Kier alpha value is -1.71. The van der Waals surface area contributed by atoms with E-state index in [4.69, 9.17) is 9.47 Å². The number of carbonyl (C=O) groups is 1. The van der Waals surface area contributed by atoms with Gasteiger partial charge in [-0.2, -0.15) is 0 Å². The maximum absolute atomic E-state index is 12.3. The average molecular weight is 275 g/mol. The number of benzene rings is 1. The number of nitrogens with one attached hydrogen (secondary N) is 1. The van der Waals surface area contributed by atoms with Gasteiger partial charge < -0.3 is 14.8 Å². The van der Waals surface area contributed by atoms with Crippen LogP contribution in [-0.4, -0.2) is 24.7 Å². The molecule has 1 amide bonds. The van der Waals surface area contributed by atoms with E-state index in [1.165, 1.54) is 19.3 Å². The lowest BCUT2D eigenvalue weighted by Gasteiger charge is -2.32. The second kappa shape index (κ2) is 5.73. The highest BCUT2D eigenvalue weighted by Gasteiger charge is 2.30. The van der Waals surface area contributed by atoms with Crippen LogP contribution < -0.4 is 14.8 Å². The van der Waals surface area contributed by atoms with E-state index < -0.39 is 6.10 Å². The molecule has 0 bridgehead atoms. The van der Waals surface area contributed by atoms with E-state index in [1.54, 1.807) is 0 Å². The summed E-state index contributed by atoms with van der Waals surface area (Å²) in [5.41, 5.74) is 0. The van der Waals surface area contributed by atoms with Gasteiger partial charge in [-0.15, -0.1) is 0 Å². The first kappa shape index (κ1) is 13.3. The van der Waals surface area contributed by atoms with Gasteiger partial charge in [0.15, 0.2) is 11.5 Å². The molecule has 3 atom stereocenters. The summed E-state index contributed by atoms with van der Waals surface area (Å²) in [7, 11) is 0. The SMILES string of the molecule is CC1CCCCC1NC(=O)C1COc2ccccc2O1. The summed E-state index contributed by atoms with van der Waals surface area (Å²) in [5.74, 6) is 1.85. The Labute approximate surface area is 119 Å². The van der Waals surface area contributed by atoms with Crippen molar-refractivity contribution in [2.24, 2.45) is 5.92 Å². The van der Waals surface area contributed by atoms with Gasteiger partial charge >= 0.3 is 0 Å². The Morgan fingerprint density at radius 2 is 1.95 bits per heavy atom. The number of hydrogen-bond donors (Lipinski definition) is 1. The quantitative estimate of drug-likeness (QED) is 0.902. The van der Waals surface area contributed by atoms with E-state index >= 15 is 0 Å². The fourth-order valence-corrected chi connectivity index (χ4v) is 2.96. The molecule has 0 saturated heterocycles. The van der Waals surface area contributed by atoms with E-state index in [0.29, 0.717) is 17.4 Å². The van der Waals surface area contributed by atoms with Gasteiger partial charge in [0.25, 0.3) is 5.91 Å². The molecule has 1 N–H and O–H groups in total. The van der Waals surface area contributed by atoms with Crippen molar-refractivity contribution >= 4 is 5.91 Å². The molecular formula is C16H21NO3. The van der Waals surface area contributed by atoms with Gasteiger partial charge in [0, 0.05) is 6.04 Å². The molecule has 3 rings (SSSR count). The summed E-state index contributed by atoms with van der Waals surface area (Å²) >= 11 is 0. The number of rotatable bonds is 2. The Balaban J connectivity index is 1.61. The summed E-state index contributed by atoms with van der Waals surface area (Å²) < 4.78 is 11.3. The van der Waals surface area contributed by atoms with Gasteiger partial charge in [-0.1, -0.05) is 31.9 Å². The molecule has 3 unspecified atom stereocenters. The Bertz CT molecular complexity index is 488. The fourth-order valence-electron chi connectivity index (χ4n) is 2.96. The summed E-state index contributed by atoms with van der Waals surface area (Å²) in [6.07, 6.45) is 4.18. The third kappa shape index (κ3) is 2.74. The Morgan fingerprint density at radius 1 is 1.20 bits per heavy atom. The maximum atomic E-state index is 12.3. The van der Waals surface area contributed by atoms with E-state index in [2.05, 4.69) is 12.2 Å². The van der Waals surface area contributed by atoms with Crippen LogP contribution in [0.2, 0.25) is 0 Å². The summed E-state index contributed by atoms with van der Waals surface area (Å²) in [5, 5.41) is 3.13. The third-order valence-corrected chi connectivity index (χ3v) is 4.24. The first-order valence-corrected chi connectivity index (χ1v) is 7.43. The lowest BCUT2D eigenvalue weighted by Crippen LogP contribution is -2.50. The van der Waals surface area contributed by atoms with Crippen LogP contribution in [0.1, 0.15) is 32.6 Å². The molecule has 20 heavy (non-hydrogen) atoms. The largest absolute Gasteiger partial charge is 0.485 e. The van der Waals surface area contributed by atoms with Crippen molar-refractivity contribution in [3.8, 4) is 11.5 Å². The number of hydrogen-bond acceptors (Lipinski definition) is 3. The molecule has 1 aliphatic heterocycles. The zero-order chi connectivity index (χ0) is 13.9. The van der Waals surface area contributed by atoms with E-state index in [9.17, 15) is 4.79 Å². The molecule has 1 aromatic rings. The van der Waals surface area contributed by atoms with E-state index in [-0.39, 0.29) is 18.6 Å². The molecule has 4 nitrogen and oxygen atoms in total. The summed E-state index contributed by atoms with van der Waals surface area (Å²) in [6, 6.07) is 7.74. The predicted octanol–water partition coefficient (Wildman–Crippen LogP) is 2.52.